The molecule has 0 aliphatic rings. The number of hydrogen-bond donors (Lipinski definition) is 2. The van der Waals surface area contributed by atoms with Crippen molar-refractivity contribution in [1.82, 2.24) is 10.6 Å². The molecular formula is C18H21FN2OS. The second kappa shape index (κ2) is 9.20. The first-order valence-electron chi connectivity index (χ1n) is 7.56. The summed E-state index contributed by atoms with van der Waals surface area (Å²) in [4.78, 5) is 12.9. The number of amides is 2. The van der Waals surface area contributed by atoms with Crippen molar-refractivity contribution in [3.8, 4) is 0 Å². The molecular weight excluding hydrogens is 311 g/mol. The first-order valence-corrected chi connectivity index (χ1v) is 8.79. The Morgan fingerprint density at radius 3 is 2.57 bits per heavy atom. The SMILES string of the molecule is CSc1ccc(CNC(=O)NCCCc2cccc(F)c2)cc1. The van der Waals surface area contributed by atoms with Gasteiger partial charge in [-0.15, -0.1) is 11.8 Å². The molecule has 0 aromatic heterocycles. The van der Waals surface area contributed by atoms with Crippen LogP contribution in [0.5, 0.6) is 0 Å². The molecule has 0 saturated heterocycles. The van der Waals surface area contributed by atoms with Crippen molar-refractivity contribution in [2.75, 3.05) is 12.8 Å². The van der Waals surface area contributed by atoms with Crippen LogP contribution in [-0.4, -0.2) is 18.8 Å². The van der Waals surface area contributed by atoms with Gasteiger partial charge in [0.2, 0.25) is 0 Å². The molecule has 0 unspecified atom stereocenters. The van der Waals surface area contributed by atoms with Gasteiger partial charge in [0.25, 0.3) is 0 Å². The minimum Gasteiger partial charge on any atom is -0.338 e. The molecule has 2 rings (SSSR count). The van der Waals surface area contributed by atoms with Gasteiger partial charge in [-0.05, 0) is 54.5 Å². The monoisotopic (exact) mass is 332 g/mol. The summed E-state index contributed by atoms with van der Waals surface area (Å²) in [6.45, 7) is 1.07. The normalized spacial score (nSPS) is 10.3. The number of hydrogen-bond acceptors (Lipinski definition) is 2. The van der Waals surface area contributed by atoms with Gasteiger partial charge in [0.1, 0.15) is 5.82 Å². The van der Waals surface area contributed by atoms with E-state index in [2.05, 4.69) is 10.6 Å². The molecule has 23 heavy (non-hydrogen) atoms. The van der Waals surface area contributed by atoms with Crippen LogP contribution in [0, 0.1) is 5.82 Å². The standard InChI is InChI=1S/C18H21FN2OS/c1-23-17-9-7-15(8-10-17)13-21-18(22)20-11-3-5-14-4-2-6-16(19)12-14/h2,4,6-10,12H,3,5,11,13H2,1H3,(H2,20,21,22). The van der Waals surface area contributed by atoms with Crippen LogP contribution in [-0.2, 0) is 13.0 Å². The number of halogens is 1. The number of aryl methyl sites for hydroxylation is 1. The average molecular weight is 332 g/mol. The van der Waals surface area contributed by atoms with Gasteiger partial charge < -0.3 is 10.6 Å². The van der Waals surface area contributed by atoms with E-state index in [0.29, 0.717) is 13.1 Å². The lowest BCUT2D eigenvalue weighted by Crippen LogP contribution is -2.35. The van der Waals surface area contributed by atoms with Crippen LogP contribution in [0.1, 0.15) is 17.5 Å². The molecule has 0 atom stereocenters. The van der Waals surface area contributed by atoms with E-state index in [-0.39, 0.29) is 11.8 Å². The Labute approximate surface area is 140 Å². The summed E-state index contributed by atoms with van der Waals surface area (Å²) in [5.74, 6) is -0.222. The number of urea groups is 1. The van der Waals surface area contributed by atoms with E-state index in [1.165, 1.54) is 17.0 Å². The molecule has 2 aromatic carbocycles. The Morgan fingerprint density at radius 2 is 1.87 bits per heavy atom. The van der Waals surface area contributed by atoms with E-state index in [1.807, 2.05) is 36.6 Å². The highest BCUT2D eigenvalue weighted by atomic mass is 32.2. The van der Waals surface area contributed by atoms with Gasteiger partial charge >= 0.3 is 6.03 Å². The molecule has 0 spiro atoms. The average Bonchev–Trinajstić information content (AvgIpc) is 2.57. The molecule has 3 nitrogen and oxygen atoms in total. The fourth-order valence-corrected chi connectivity index (χ4v) is 2.58. The van der Waals surface area contributed by atoms with Gasteiger partial charge in [-0.3, -0.25) is 0 Å². The second-order valence-corrected chi connectivity index (χ2v) is 6.07. The van der Waals surface area contributed by atoms with Gasteiger partial charge in [0.05, 0.1) is 0 Å². The maximum atomic E-state index is 13.0. The third-order valence-corrected chi connectivity index (χ3v) is 4.17. The van der Waals surface area contributed by atoms with Crippen molar-refractivity contribution < 1.29 is 9.18 Å². The zero-order chi connectivity index (χ0) is 16.5. The van der Waals surface area contributed by atoms with Crippen LogP contribution in [0.25, 0.3) is 0 Å². The molecule has 2 aromatic rings. The second-order valence-electron chi connectivity index (χ2n) is 5.19. The van der Waals surface area contributed by atoms with Crippen molar-refractivity contribution >= 4 is 17.8 Å². The van der Waals surface area contributed by atoms with Gasteiger partial charge in [-0.25, -0.2) is 9.18 Å². The fourth-order valence-electron chi connectivity index (χ4n) is 2.18. The van der Waals surface area contributed by atoms with Gasteiger partial charge in [-0.2, -0.15) is 0 Å². The topological polar surface area (TPSA) is 41.1 Å². The van der Waals surface area contributed by atoms with Crippen molar-refractivity contribution in [2.45, 2.75) is 24.3 Å². The third-order valence-electron chi connectivity index (χ3n) is 3.43. The molecule has 0 aliphatic heterocycles. The van der Waals surface area contributed by atoms with Crippen molar-refractivity contribution in [2.24, 2.45) is 0 Å². The first-order chi connectivity index (χ1) is 11.2. The van der Waals surface area contributed by atoms with E-state index in [9.17, 15) is 9.18 Å². The predicted molar refractivity (Wildman–Crippen MR) is 93.2 cm³/mol. The van der Waals surface area contributed by atoms with Crippen LogP contribution >= 0.6 is 11.8 Å². The summed E-state index contributed by atoms with van der Waals surface area (Å²) in [5.41, 5.74) is 2.01. The first kappa shape index (κ1) is 17.3. The summed E-state index contributed by atoms with van der Waals surface area (Å²) in [7, 11) is 0. The molecule has 0 radical (unpaired) electrons. The minimum absolute atomic E-state index is 0.182. The molecule has 2 N–H and O–H groups in total. The summed E-state index contributed by atoms with van der Waals surface area (Å²) in [5, 5.41) is 5.64. The summed E-state index contributed by atoms with van der Waals surface area (Å²) >= 11 is 1.69. The maximum Gasteiger partial charge on any atom is 0.315 e. The van der Waals surface area contributed by atoms with Crippen LogP contribution in [0.4, 0.5) is 9.18 Å². The Morgan fingerprint density at radius 1 is 1.09 bits per heavy atom. The Bertz CT molecular complexity index is 631. The van der Waals surface area contributed by atoms with Gasteiger partial charge in [0, 0.05) is 18.0 Å². The number of nitrogens with one attached hydrogen (secondary N) is 2. The summed E-state index contributed by atoms with van der Waals surface area (Å²) < 4.78 is 13.0. The van der Waals surface area contributed by atoms with Crippen molar-refractivity contribution in [1.29, 1.82) is 0 Å². The molecule has 0 saturated carbocycles. The lowest BCUT2D eigenvalue weighted by Gasteiger charge is -2.08. The van der Waals surface area contributed by atoms with Crippen LogP contribution < -0.4 is 10.6 Å². The van der Waals surface area contributed by atoms with Crippen molar-refractivity contribution in [3.05, 3.63) is 65.5 Å². The molecule has 122 valence electrons. The van der Waals surface area contributed by atoms with Gasteiger partial charge in [0.15, 0.2) is 0 Å². The van der Waals surface area contributed by atoms with Crippen LogP contribution in [0.15, 0.2) is 53.4 Å². The number of thioether (sulfide) groups is 1. The zero-order valence-corrected chi connectivity index (χ0v) is 14.0. The van der Waals surface area contributed by atoms with Gasteiger partial charge in [-0.1, -0.05) is 24.3 Å². The summed E-state index contributed by atoms with van der Waals surface area (Å²) in [6, 6.07) is 14.5. The lowest BCUT2D eigenvalue weighted by atomic mass is 10.1. The van der Waals surface area contributed by atoms with E-state index < -0.39 is 0 Å². The molecule has 5 heteroatoms. The summed E-state index contributed by atoms with van der Waals surface area (Å²) in [6.07, 6.45) is 3.55. The predicted octanol–water partition coefficient (Wildman–Crippen LogP) is 3.98. The van der Waals surface area contributed by atoms with Crippen LogP contribution in [0.3, 0.4) is 0 Å². The van der Waals surface area contributed by atoms with E-state index in [0.717, 1.165) is 24.0 Å². The number of rotatable bonds is 7. The number of benzene rings is 2. The molecule has 0 fully saturated rings. The number of carbonyl (C=O) groups is 1. The third kappa shape index (κ3) is 6.32. The highest BCUT2D eigenvalue weighted by molar-refractivity contribution is 7.98. The highest BCUT2D eigenvalue weighted by Crippen LogP contribution is 2.14. The molecule has 0 bridgehead atoms. The van der Waals surface area contributed by atoms with E-state index >= 15 is 0 Å². The minimum atomic E-state index is -0.222. The lowest BCUT2D eigenvalue weighted by molar-refractivity contribution is 0.240. The highest BCUT2D eigenvalue weighted by Gasteiger charge is 2.01. The largest absolute Gasteiger partial charge is 0.338 e. The smallest absolute Gasteiger partial charge is 0.315 e. The van der Waals surface area contributed by atoms with Crippen LogP contribution in [0.2, 0.25) is 0 Å². The Hall–Kier alpha value is -2.01. The Balaban J connectivity index is 1.63. The maximum absolute atomic E-state index is 13.0. The zero-order valence-electron chi connectivity index (χ0n) is 13.1. The molecule has 2 amide bonds. The Kier molecular flexibility index (Phi) is 6.94. The molecule has 0 heterocycles. The van der Waals surface area contributed by atoms with E-state index in [4.69, 9.17) is 0 Å². The number of carbonyl (C=O) groups excluding carboxylic acids is 1. The fraction of sp³-hybridized carbons (Fsp3) is 0.278. The molecule has 0 aliphatic carbocycles. The van der Waals surface area contributed by atoms with Crippen molar-refractivity contribution in [3.63, 3.8) is 0 Å². The van der Waals surface area contributed by atoms with E-state index in [1.54, 1.807) is 17.8 Å². The quantitative estimate of drug-likeness (QED) is 0.595.